The van der Waals surface area contributed by atoms with Gasteiger partial charge in [0.05, 0.1) is 6.54 Å². The summed E-state index contributed by atoms with van der Waals surface area (Å²) in [6.45, 7) is -0.798. The van der Waals surface area contributed by atoms with E-state index < -0.39 is 31.1 Å². The third kappa shape index (κ3) is 6.12. The Kier molecular flexibility index (Phi) is 6.31. The van der Waals surface area contributed by atoms with E-state index in [4.69, 9.17) is 10.2 Å². The van der Waals surface area contributed by atoms with Gasteiger partial charge in [0.15, 0.2) is 6.10 Å². The van der Waals surface area contributed by atoms with Gasteiger partial charge in [0.1, 0.15) is 0 Å². The number of nitrogens with zero attached hydrogens (tertiary/aromatic N) is 1. The van der Waals surface area contributed by atoms with E-state index in [0.717, 1.165) is 4.90 Å². The molecule has 6 nitrogen and oxygen atoms in total. The molecule has 3 N–H and O–H groups in total. The summed E-state index contributed by atoms with van der Waals surface area (Å²) in [4.78, 5) is 22.0. The van der Waals surface area contributed by atoms with Crippen molar-refractivity contribution in [2.45, 2.75) is 19.0 Å². The number of rotatable bonds is 6. The lowest BCUT2D eigenvalue weighted by Crippen LogP contribution is -2.41. The number of aliphatic hydroxyl groups excluding tert-OH is 1. The van der Waals surface area contributed by atoms with Gasteiger partial charge in [-0.25, -0.2) is 18.4 Å². The maximum absolute atomic E-state index is 11.9. The first-order valence-electron chi connectivity index (χ1n) is 4.52. The minimum Gasteiger partial charge on any atom is -0.479 e. The average Bonchev–Trinajstić information content (AvgIpc) is 2.15. The van der Waals surface area contributed by atoms with Gasteiger partial charge in [-0.1, -0.05) is 0 Å². The predicted molar refractivity (Wildman–Crippen MR) is 50.3 cm³/mol. The fourth-order valence-corrected chi connectivity index (χ4v) is 0.864. The molecule has 0 aromatic carbocycles. The van der Waals surface area contributed by atoms with Gasteiger partial charge < -0.3 is 20.4 Å². The quantitative estimate of drug-likeness (QED) is 0.596. The number of carboxylic acids is 1. The second-order valence-corrected chi connectivity index (χ2v) is 3.15. The van der Waals surface area contributed by atoms with Gasteiger partial charge in [0.25, 0.3) is 6.43 Å². The number of nitrogens with one attached hydrogen (secondary N) is 1. The summed E-state index contributed by atoms with van der Waals surface area (Å²) >= 11 is 0. The Morgan fingerprint density at radius 2 is 2.00 bits per heavy atom. The molecule has 94 valence electrons. The van der Waals surface area contributed by atoms with Crippen molar-refractivity contribution in [1.82, 2.24) is 10.2 Å². The molecule has 0 spiro atoms. The molecule has 0 rings (SSSR count). The molecule has 0 aliphatic heterocycles. The Labute approximate surface area is 90.8 Å². The summed E-state index contributed by atoms with van der Waals surface area (Å²) in [5.74, 6) is -1.39. The molecular weight excluding hydrogens is 226 g/mol. The van der Waals surface area contributed by atoms with Gasteiger partial charge in [0.2, 0.25) is 0 Å². The molecule has 1 atom stereocenters. The van der Waals surface area contributed by atoms with Crippen LogP contribution in [0, 0.1) is 0 Å². The van der Waals surface area contributed by atoms with Crippen molar-refractivity contribution in [3.05, 3.63) is 0 Å². The van der Waals surface area contributed by atoms with Crippen molar-refractivity contribution in [1.29, 1.82) is 0 Å². The molecule has 1 unspecified atom stereocenters. The zero-order valence-corrected chi connectivity index (χ0v) is 8.69. The Morgan fingerprint density at radius 3 is 2.44 bits per heavy atom. The maximum atomic E-state index is 11.9. The van der Waals surface area contributed by atoms with E-state index >= 15 is 0 Å². The van der Waals surface area contributed by atoms with Crippen LogP contribution in [0.1, 0.15) is 6.42 Å². The molecule has 0 heterocycles. The third-order valence-corrected chi connectivity index (χ3v) is 1.74. The highest BCUT2D eigenvalue weighted by atomic mass is 19.3. The third-order valence-electron chi connectivity index (χ3n) is 1.74. The largest absolute Gasteiger partial charge is 0.479 e. The molecule has 0 radical (unpaired) electrons. The number of carbonyl (C=O) groups is 2. The lowest BCUT2D eigenvalue weighted by Gasteiger charge is -2.17. The van der Waals surface area contributed by atoms with Crippen LogP contribution in [0.2, 0.25) is 0 Å². The van der Waals surface area contributed by atoms with Crippen LogP contribution in [0.4, 0.5) is 13.6 Å². The van der Waals surface area contributed by atoms with Crippen molar-refractivity contribution in [2.75, 3.05) is 20.1 Å². The molecule has 2 amide bonds. The van der Waals surface area contributed by atoms with Crippen molar-refractivity contribution >= 4 is 12.0 Å². The predicted octanol–water partition coefficient (Wildman–Crippen LogP) is -0.272. The number of aliphatic hydroxyl groups is 1. The normalized spacial score (nSPS) is 12.3. The van der Waals surface area contributed by atoms with Crippen LogP contribution in [0.3, 0.4) is 0 Å². The van der Waals surface area contributed by atoms with Crippen LogP contribution < -0.4 is 5.32 Å². The molecule has 16 heavy (non-hydrogen) atoms. The highest BCUT2D eigenvalue weighted by Gasteiger charge is 2.15. The van der Waals surface area contributed by atoms with Crippen molar-refractivity contribution in [3.63, 3.8) is 0 Å². The molecule has 0 bridgehead atoms. The minimum atomic E-state index is -2.62. The Bertz CT molecular complexity index is 250. The number of halogens is 2. The van der Waals surface area contributed by atoms with E-state index in [1.807, 2.05) is 0 Å². The van der Waals surface area contributed by atoms with Crippen LogP contribution in [0.15, 0.2) is 0 Å². The van der Waals surface area contributed by atoms with Gasteiger partial charge in [-0.3, -0.25) is 0 Å². The zero-order valence-electron chi connectivity index (χ0n) is 8.69. The van der Waals surface area contributed by atoms with Crippen LogP contribution in [-0.2, 0) is 4.79 Å². The van der Waals surface area contributed by atoms with Crippen LogP contribution in [-0.4, -0.2) is 59.8 Å². The molecule has 0 saturated carbocycles. The number of carboxylic acid groups (broad SMARTS) is 1. The number of alkyl halides is 2. The maximum Gasteiger partial charge on any atom is 0.332 e. The fraction of sp³-hybridized carbons (Fsp3) is 0.750. The van der Waals surface area contributed by atoms with E-state index in [0.29, 0.717) is 0 Å². The number of amides is 2. The summed E-state index contributed by atoms with van der Waals surface area (Å²) in [7, 11) is 1.19. The van der Waals surface area contributed by atoms with Crippen LogP contribution >= 0.6 is 0 Å². The Morgan fingerprint density at radius 1 is 1.44 bits per heavy atom. The first-order chi connectivity index (χ1) is 7.34. The molecule has 0 saturated heterocycles. The summed E-state index contributed by atoms with van der Waals surface area (Å²) < 4.78 is 23.7. The molecule has 0 aliphatic rings. The topological polar surface area (TPSA) is 89.9 Å². The summed E-state index contributed by atoms with van der Waals surface area (Å²) in [5.41, 5.74) is 0. The van der Waals surface area contributed by atoms with Crippen molar-refractivity contribution in [2.24, 2.45) is 0 Å². The van der Waals surface area contributed by atoms with E-state index in [-0.39, 0.29) is 13.0 Å². The lowest BCUT2D eigenvalue weighted by atomic mass is 10.2. The van der Waals surface area contributed by atoms with Gasteiger partial charge in [-0.05, 0) is 0 Å². The SMILES string of the molecule is CN(CC(F)F)C(=O)NCCC(O)C(=O)O. The fourth-order valence-electron chi connectivity index (χ4n) is 0.864. The monoisotopic (exact) mass is 240 g/mol. The Balaban J connectivity index is 3.77. The number of urea groups is 1. The second-order valence-electron chi connectivity index (χ2n) is 3.15. The van der Waals surface area contributed by atoms with Crippen LogP contribution in [0.5, 0.6) is 0 Å². The van der Waals surface area contributed by atoms with E-state index in [1.165, 1.54) is 7.05 Å². The van der Waals surface area contributed by atoms with E-state index in [9.17, 15) is 18.4 Å². The number of carbonyl (C=O) groups excluding carboxylic acids is 1. The van der Waals surface area contributed by atoms with Gasteiger partial charge in [-0.15, -0.1) is 0 Å². The van der Waals surface area contributed by atoms with Gasteiger partial charge in [-0.2, -0.15) is 0 Å². The highest BCUT2D eigenvalue weighted by molar-refractivity contribution is 5.74. The summed E-state index contributed by atoms with van der Waals surface area (Å²) in [6, 6.07) is -0.738. The van der Waals surface area contributed by atoms with Crippen molar-refractivity contribution < 1.29 is 28.6 Å². The number of hydrogen-bond acceptors (Lipinski definition) is 3. The minimum absolute atomic E-state index is 0.0973. The first kappa shape index (κ1) is 14.6. The molecule has 0 fully saturated rings. The Hall–Kier alpha value is -1.44. The van der Waals surface area contributed by atoms with E-state index in [1.54, 1.807) is 0 Å². The smallest absolute Gasteiger partial charge is 0.332 e. The molecule has 0 aromatic rings. The highest BCUT2D eigenvalue weighted by Crippen LogP contribution is 1.96. The summed E-state index contributed by atoms with van der Waals surface area (Å²) in [5, 5.41) is 19.3. The van der Waals surface area contributed by atoms with Gasteiger partial charge in [0, 0.05) is 20.0 Å². The molecule has 0 aliphatic carbocycles. The summed E-state index contributed by atoms with van der Waals surface area (Å²) in [6.07, 6.45) is -4.37. The van der Waals surface area contributed by atoms with Crippen LogP contribution in [0.25, 0.3) is 0 Å². The number of aliphatic carboxylic acids is 1. The molecule has 8 heteroatoms. The van der Waals surface area contributed by atoms with E-state index in [2.05, 4.69) is 5.32 Å². The molecule has 0 aromatic heterocycles. The average molecular weight is 240 g/mol. The lowest BCUT2D eigenvalue weighted by molar-refractivity contribution is -0.146. The molecular formula is C8H14F2N2O4. The van der Waals surface area contributed by atoms with Gasteiger partial charge >= 0.3 is 12.0 Å². The second kappa shape index (κ2) is 6.94. The first-order valence-corrected chi connectivity index (χ1v) is 4.52. The zero-order chi connectivity index (χ0) is 12.7. The number of hydrogen-bond donors (Lipinski definition) is 3. The standard InChI is InChI=1S/C8H14F2N2O4/c1-12(4-6(9)10)8(16)11-3-2-5(13)7(14)15/h5-6,13H,2-4H2,1H3,(H,11,16)(H,14,15). The van der Waals surface area contributed by atoms with Crippen molar-refractivity contribution in [3.8, 4) is 0 Å².